The lowest BCUT2D eigenvalue weighted by Gasteiger charge is -2.33. The Kier molecular flexibility index (Phi) is 6.82. The zero-order chi connectivity index (χ0) is 28.1. The third-order valence-electron chi connectivity index (χ3n) is 6.92. The molecule has 0 bridgehead atoms. The molecule has 1 fully saturated rings. The lowest BCUT2D eigenvalue weighted by atomic mass is 9.81. The van der Waals surface area contributed by atoms with E-state index in [1.54, 1.807) is 39.0 Å². The van der Waals surface area contributed by atoms with Gasteiger partial charge in [-0.15, -0.1) is 0 Å². The highest BCUT2D eigenvalue weighted by molar-refractivity contribution is 6.31. The van der Waals surface area contributed by atoms with E-state index in [0.717, 1.165) is 6.20 Å². The number of fused-ring (bicyclic) bond motifs is 1. The summed E-state index contributed by atoms with van der Waals surface area (Å²) in [5.41, 5.74) is 6.93. The van der Waals surface area contributed by atoms with E-state index in [-0.39, 0.29) is 18.2 Å². The maximum Gasteiger partial charge on any atom is 0.252 e. The van der Waals surface area contributed by atoms with Crippen LogP contribution in [0, 0.1) is 18.6 Å². The van der Waals surface area contributed by atoms with Gasteiger partial charge < -0.3 is 19.9 Å². The SMILES string of the molecule is Cc1cc(-n2cc(F)cn2)c2cccc(OCc3c(Cl)cc(F)cc3[C@H](C)C3(C(N)=O)COC(C)(C)O3)c2n1. The number of amides is 1. The molecule has 0 spiro atoms. The van der Waals surface area contributed by atoms with E-state index in [1.165, 1.54) is 23.0 Å². The van der Waals surface area contributed by atoms with Crippen molar-refractivity contribution in [1.82, 2.24) is 14.8 Å². The maximum absolute atomic E-state index is 14.6. The fraction of sp³-hybridized carbons (Fsp3) is 0.321. The van der Waals surface area contributed by atoms with Crippen molar-refractivity contribution in [1.29, 1.82) is 0 Å². The van der Waals surface area contributed by atoms with Crippen LogP contribution in [0.2, 0.25) is 5.02 Å². The van der Waals surface area contributed by atoms with Gasteiger partial charge >= 0.3 is 0 Å². The van der Waals surface area contributed by atoms with Crippen molar-refractivity contribution in [3.05, 3.63) is 82.3 Å². The monoisotopic (exact) mass is 556 g/mol. The molecule has 1 aliphatic rings. The topological polar surface area (TPSA) is 101 Å². The Hall–Kier alpha value is -3.60. The first-order valence-corrected chi connectivity index (χ1v) is 12.6. The molecule has 2 N–H and O–H groups in total. The molecule has 204 valence electrons. The number of rotatable bonds is 7. The number of hydrogen-bond donors (Lipinski definition) is 1. The summed E-state index contributed by atoms with van der Waals surface area (Å²) in [5, 5.41) is 4.88. The van der Waals surface area contributed by atoms with Crippen LogP contribution in [-0.4, -0.2) is 38.7 Å². The highest BCUT2D eigenvalue weighted by Gasteiger charge is 2.54. The molecule has 39 heavy (non-hydrogen) atoms. The molecule has 0 aliphatic carbocycles. The molecule has 0 radical (unpaired) electrons. The average Bonchev–Trinajstić information content (AvgIpc) is 3.45. The van der Waals surface area contributed by atoms with Gasteiger partial charge in [-0.25, -0.2) is 18.4 Å². The third kappa shape index (κ3) is 4.95. The van der Waals surface area contributed by atoms with Crippen LogP contribution in [0.3, 0.4) is 0 Å². The maximum atomic E-state index is 14.6. The molecule has 0 saturated carbocycles. The van der Waals surface area contributed by atoms with Gasteiger partial charge in [0.2, 0.25) is 0 Å². The second kappa shape index (κ2) is 9.86. The normalized spacial score (nSPS) is 19.4. The average molecular weight is 557 g/mol. The summed E-state index contributed by atoms with van der Waals surface area (Å²) in [6.07, 6.45) is 2.40. The molecule has 1 aliphatic heterocycles. The number of aryl methyl sites for hydroxylation is 1. The van der Waals surface area contributed by atoms with Crippen molar-refractivity contribution >= 4 is 28.4 Å². The molecule has 2 atom stereocenters. The molecule has 3 heterocycles. The molecular weight excluding hydrogens is 530 g/mol. The van der Waals surface area contributed by atoms with Crippen molar-refractivity contribution < 1.29 is 27.8 Å². The first-order chi connectivity index (χ1) is 18.4. The minimum absolute atomic E-state index is 0.0711. The lowest BCUT2D eigenvalue weighted by molar-refractivity contribution is -0.175. The van der Waals surface area contributed by atoms with Gasteiger partial charge in [0.1, 0.15) is 23.7 Å². The molecule has 8 nitrogen and oxygen atoms in total. The molecule has 1 amide bonds. The highest BCUT2D eigenvalue weighted by Crippen LogP contribution is 2.43. The van der Waals surface area contributed by atoms with Crippen LogP contribution in [0.15, 0.2) is 48.8 Å². The van der Waals surface area contributed by atoms with Gasteiger partial charge in [-0.3, -0.25) is 4.79 Å². The Balaban J connectivity index is 1.54. The minimum Gasteiger partial charge on any atom is -0.487 e. The van der Waals surface area contributed by atoms with E-state index in [2.05, 4.69) is 10.1 Å². The third-order valence-corrected chi connectivity index (χ3v) is 7.26. The van der Waals surface area contributed by atoms with Crippen LogP contribution in [0.5, 0.6) is 5.75 Å². The van der Waals surface area contributed by atoms with Crippen LogP contribution in [0.1, 0.15) is 43.5 Å². The molecule has 4 aromatic rings. The van der Waals surface area contributed by atoms with Crippen LogP contribution >= 0.6 is 11.6 Å². The number of halogens is 3. The van der Waals surface area contributed by atoms with Gasteiger partial charge in [-0.05, 0) is 50.6 Å². The Morgan fingerprint density at radius 2 is 2.03 bits per heavy atom. The quantitative estimate of drug-likeness (QED) is 0.329. The number of para-hydroxylation sites is 1. The molecular formula is C28H27ClF2N4O4. The second-order valence-corrected chi connectivity index (χ2v) is 10.5. The van der Waals surface area contributed by atoms with E-state index in [1.807, 2.05) is 13.0 Å². The van der Waals surface area contributed by atoms with Crippen molar-refractivity contribution in [2.24, 2.45) is 5.73 Å². The summed E-state index contributed by atoms with van der Waals surface area (Å²) >= 11 is 6.51. The molecule has 5 rings (SSSR count). The largest absolute Gasteiger partial charge is 0.487 e. The Bertz CT molecular complexity index is 1590. The van der Waals surface area contributed by atoms with Crippen molar-refractivity contribution in [3.8, 4) is 11.4 Å². The number of nitrogens with zero attached hydrogens (tertiary/aromatic N) is 3. The van der Waals surface area contributed by atoms with E-state index < -0.39 is 34.8 Å². The first-order valence-electron chi connectivity index (χ1n) is 12.3. The Morgan fingerprint density at radius 3 is 2.67 bits per heavy atom. The summed E-state index contributed by atoms with van der Waals surface area (Å²) in [7, 11) is 0. The number of carbonyl (C=O) groups excluding carboxylic acids is 1. The number of primary amides is 1. The number of pyridine rings is 1. The van der Waals surface area contributed by atoms with Crippen molar-refractivity contribution in [3.63, 3.8) is 0 Å². The van der Waals surface area contributed by atoms with Gasteiger partial charge in [-0.1, -0.05) is 30.7 Å². The zero-order valence-electron chi connectivity index (χ0n) is 21.8. The predicted molar refractivity (Wildman–Crippen MR) is 141 cm³/mol. The van der Waals surface area contributed by atoms with E-state index in [4.69, 9.17) is 31.5 Å². The lowest BCUT2D eigenvalue weighted by Crippen LogP contribution is -2.51. The highest BCUT2D eigenvalue weighted by atomic mass is 35.5. The van der Waals surface area contributed by atoms with Crippen LogP contribution in [0.4, 0.5) is 8.78 Å². The fourth-order valence-corrected chi connectivity index (χ4v) is 5.22. The Morgan fingerprint density at radius 1 is 1.26 bits per heavy atom. The van der Waals surface area contributed by atoms with Gasteiger partial charge in [0.15, 0.2) is 17.2 Å². The first kappa shape index (κ1) is 27.0. The molecule has 2 aromatic carbocycles. The van der Waals surface area contributed by atoms with Crippen LogP contribution in [0.25, 0.3) is 16.6 Å². The Labute approximate surface area is 228 Å². The van der Waals surface area contributed by atoms with Crippen LogP contribution in [-0.2, 0) is 20.9 Å². The smallest absolute Gasteiger partial charge is 0.252 e. The second-order valence-electron chi connectivity index (χ2n) is 10.0. The molecule has 2 aromatic heterocycles. The summed E-state index contributed by atoms with van der Waals surface area (Å²) in [5.74, 6) is -3.14. The van der Waals surface area contributed by atoms with Gasteiger partial charge in [0, 0.05) is 22.6 Å². The number of ether oxygens (including phenoxy) is 3. The zero-order valence-corrected chi connectivity index (χ0v) is 22.6. The summed E-state index contributed by atoms with van der Waals surface area (Å²) < 4.78 is 47.6. The number of aromatic nitrogens is 3. The van der Waals surface area contributed by atoms with Gasteiger partial charge in [0.25, 0.3) is 5.91 Å². The summed E-state index contributed by atoms with van der Waals surface area (Å²) in [6, 6.07) is 9.62. The summed E-state index contributed by atoms with van der Waals surface area (Å²) in [6.45, 7) is 6.70. The van der Waals surface area contributed by atoms with E-state index in [0.29, 0.717) is 39.2 Å². The van der Waals surface area contributed by atoms with Crippen LogP contribution < -0.4 is 10.5 Å². The number of hydrogen-bond acceptors (Lipinski definition) is 6. The van der Waals surface area contributed by atoms with Gasteiger partial charge in [0.05, 0.1) is 29.7 Å². The fourth-order valence-electron chi connectivity index (χ4n) is 4.96. The standard InChI is InChI=1S/C28H27ClF2N4O4/c1-15-8-23(35-12-18(31)11-33-35)19-6-5-7-24(25(19)34-15)37-13-21-20(9-17(30)10-22(21)29)16(2)28(26(32)36)14-38-27(3,4)39-28/h5-12,16H,13-14H2,1-4H3,(H2,32,36)/t16-,28?/m0/s1. The summed E-state index contributed by atoms with van der Waals surface area (Å²) in [4.78, 5) is 17.3. The molecule has 1 unspecified atom stereocenters. The molecule has 11 heteroatoms. The minimum atomic E-state index is -1.54. The van der Waals surface area contributed by atoms with E-state index >= 15 is 0 Å². The van der Waals surface area contributed by atoms with Crippen molar-refractivity contribution in [2.75, 3.05) is 6.61 Å². The van der Waals surface area contributed by atoms with Gasteiger partial charge in [-0.2, -0.15) is 5.10 Å². The molecule has 1 saturated heterocycles. The number of nitrogens with two attached hydrogens (primary N) is 1. The van der Waals surface area contributed by atoms with Crippen molar-refractivity contribution in [2.45, 2.75) is 51.6 Å². The predicted octanol–water partition coefficient (Wildman–Crippen LogP) is 5.35. The number of carbonyl (C=O) groups is 1. The van der Waals surface area contributed by atoms with E-state index in [9.17, 15) is 13.6 Å². The number of benzene rings is 2.